The van der Waals surface area contributed by atoms with Crippen molar-refractivity contribution in [3.8, 4) is 0 Å². The van der Waals surface area contributed by atoms with Gasteiger partial charge in [-0.2, -0.15) is 39.5 Å². The molecule has 1 unspecified atom stereocenters. The molecule has 0 spiro atoms. The topological polar surface area (TPSA) is 68.5 Å². The summed E-state index contributed by atoms with van der Waals surface area (Å²) in [7, 11) is 0. The van der Waals surface area contributed by atoms with E-state index in [4.69, 9.17) is 5.73 Å². The SMILES string of the molecule is NC(=O)OCc1ccc(N2CCC(c3cc(C(F)(F)F)cc(C(F)(F)F)c3)(C(F)(F)F)C2)nc1Br. The fraction of sp³-hybridized carbons (Fsp3) is 0.400. The van der Waals surface area contributed by atoms with Crippen LogP contribution in [0.15, 0.2) is 34.9 Å². The van der Waals surface area contributed by atoms with Crippen LogP contribution in [-0.4, -0.2) is 30.3 Å². The molecule has 2 heterocycles. The molecule has 15 heteroatoms. The van der Waals surface area contributed by atoms with Crippen LogP contribution in [0, 0.1) is 0 Å². The minimum absolute atomic E-state index is 0.0196. The molecule has 1 aromatic heterocycles. The quantitative estimate of drug-likeness (QED) is 0.346. The maximum absolute atomic E-state index is 14.3. The molecular formula is C20H15BrF9N3O2. The fourth-order valence-corrected chi connectivity index (χ4v) is 4.18. The lowest BCUT2D eigenvalue weighted by Gasteiger charge is -2.33. The molecule has 1 amide bonds. The van der Waals surface area contributed by atoms with Crippen molar-refractivity contribution in [1.29, 1.82) is 0 Å². The van der Waals surface area contributed by atoms with Crippen LogP contribution in [-0.2, 0) is 29.1 Å². The Morgan fingerprint density at radius 1 is 1.03 bits per heavy atom. The van der Waals surface area contributed by atoms with Crippen molar-refractivity contribution in [2.24, 2.45) is 5.73 Å². The van der Waals surface area contributed by atoms with E-state index in [0.29, 0.717) is 5.56 Å². The van der Waals surface area contributed by atoms with Crippen LogP contribution in [0.2, 0.25) is 0 Å². The number of carbonyl (C=O) groups is 1. The second kappa shape index (κ2) is 9.06. The molecular weight excluding hydrogens is 565 g/mol. The van der Waals surface area contributed by atoms with Crippen molar-refractivity contribution in [2.75, 3.05) is 18.0 Å². The third-order valence-corrected chi connectivity index (χ3v) is 6.24. The molecule has 1 fully saturated rings. The van der Waals surface area contributed by atoms with Gasteiger partial charge in [0.05, 0.1) is 11.1 Å². The van der Waals surface area contributed by atoms with Crippen molar-refractivity contribution < 1.29 is 49.0 Å². The number of benzene rings is 1. The van der Waals surface area contributed by atoms with E-state index in [0.717, 1.165) is 4.90 Å². The second-order valence-corrected chi connectivity index (χ2v) is 8.52. The molecule has 0 radical (unpaired) electrons. The highest BCUT2D eigenvalue weighted by Crippen LogP contribution is 2.50. The highest BCUT2D eigenvalue weighted by atomic mass is 79.9. The van der Waals surface area contributed by atoms with Crippen molar-refractivity contribution in [1.82, 2.24) is 4.98 Å². The number of primary amides is 1. The number of rotatable bonds is 4. The van der Waals surface area contributed by atoms with Gasteiger partial charge in [0.25, 0.3) is 0 Å². The molecule has 35 heavy (non-hydrogen) atoms. The number of hydrogen-bond donors (Lipinski definition) is 1. The number of nitrogens with two attached hydrogens (primary N) is 1. The fourth-order valence-electron chi connectivity index (χ4n) is 3.75. The maximum atomic E-state index is 14.3. The average molecular weight is 580 g/mol. The van der Waals surface area contributed by atoms with Crippen LogP contribution >= 0.6 is 15.9 Å². The van der Waals surface area contributed by atoms with Gasteiger partial charge in [0.1, 0.15) is 22.4 Å². The van der Waals surface area contributed by atoms with Crippen LogP contribution in [0.5, 0.6) is 0 Å². The summed E-state index contributed by atoms with van der Waals surface area (Å²) in [6.45, 7) is -1.61. The predicted molar refractivity (Wildman–Crippen MR) is 107 cm³/mol. The van der Waals surface area contributed by atoms with Gasteiger partial charge in [-0.25, -0.2) is 9.78 Å². The summed E-state index contributed by atoms with van der Waals surface area (Å²) in [5.74, 6) is -0.0196. The summed E-state index contributed by atoms with van der Waals surface area (Å²) in [4.78, 5) is 15.9. The summed E-state index contributed by atoms with van der Waals surface area (Å²) >= 11 is 3.08. The molecule has 0 saturated carbocycles. The van der Waals surface area contributed by atoms with E-state index in [9.17, 15) is 44.3 Å². The Hall–Kier alpha value is -2.71. The highest BCUT2D eigenvalue weighted by Gasteiger charge is 2.60. The van der Waals surface area contributed by atoms with E-state index in [1.165, 1.54) is 12.1 Å². The number of aromatic nitrogens is 1. The van der Waals surface area contributed by atoms with Gasteiger partial charge in [0, 0.05) is 18.7 Å². The molecule has 3 rings (SSSR count). The van der Waals surface area contributed by atoms with E-state index in [1.807, 2.05) is 0 Å². The monoisotopic (exact) mass is 579 g/mol. The molecule has 2 N–H and O–H groups in total. The Morgan fingerprint density at radius 2 is 1.60 bits per heavy atom. The van der Waals surface area contributed by atoms with Gasteiger partial charge in [-0.1, -0.05) is 0 Å². The third-order valence-electron chi connectivity index (χ3n) is 5.56. The van der Waals surface area contributed by atoms with E-state index in [1.54, 1.807) is 0 Å². The summed E-state index contributed by atoms with van der Waals surface area (Å²) in [5.41, 5.74) is -2.63. The number of anilines is 1. The van der Waals surface area contributed by atoms with E-state index in [-0.39, 0.29) is 41.8 Å². The zero-order chi connectivity index (χ0) is 26.4. The Balaban J connectivity index is 2.04. The number of halogens is 10. The number of hydrogen-bond acceptors (Lipinski definition) is 4. The number of alkyl halides is 9. The minimum atomic E-state index is -5.30. The normalized spacial score (nSPS) is 19.2. The minimum Gasteiger partial charge on any atom is -0.445 e. The summed E-state index contributed by atoms with van der Waals surface area (Å²) < 4.78 is 127. The molecule has 5 nitrogen and oxygen atoms in total. The zero-order valence-corrected chi connectivity index (χ0v) is 18.9. The first-order valence-electron chi connectivity index (χ1n) is 9.63. The van der Waals surface area contributed by atoms with Crippen LogP contribution < -0.4 is 10.6 Å². The first-order chi connectivity index (χ1) is 15.9. The number of amides is 1. The lowest BCUT2D eigenvalue weighted by atomic mass is 9.77. The largest absolute Gasteiger partial charge is 0.445 e. The van der Waals surface area contributed by atoms with Crippen LogP contribution in [0.3, 0.4) is 0 Å². The molecule has 1 aliphatic heterocycles. The second-order valence-electron chi connectivity index (χ2n) is 7.77. The molecule has 192 valence electrons. The van der Waals surface area contributed by atoms with Gasteiger partial charge in [-0.15, -0.1) is 0 Å². The molecule has 1 aromatic carbocycles. The van der Waals surface area contributed by atoms with Crippen molar-refractivity contribution in [2.45, 2.75) is 37.0 Å². The Labute approximate surface area is 200 Å². The molecule has 0 bridgehead atoms. The van der Waals surface area contributed by atoms with Gasteiger partial charge in [-0.3, -0.25) is 0 Å². The lowest BCUT2D eigenvalue weighted by molar-refractivity contribution is -0.185. The van der Waals surface area contributed by atoms with Crippen molar-refractivity contribution in [3.05, 3.63) is 57.2 Å². The molecule has 1 atom stereocenters. The van der Waals surface area contributed by atoms with Gasteiger partial charge in [-0.05, 0) is 58.2 Å². The van der Waals surface area contributed by atoms with Crippen LogP contribution in [0.1, 0.15) is 28.7 Å². The van der Waals surface area contributed by atoms with E-state index in [2.05, 4.69) is 25.7 Å². The van der Waals surface area contributed by atoms with Crippen molar-refractivity contribution in [3.63, 3.8) is 0 Å². The van der Waals surface area contributed by atoms with Gasteiger partial charge in [0.2, 0.25) is 0 Å². The number of ether oxygens (including phenoxy) is 1. The Kier molecular flexibility index (Phi) is 6.96. The van der Waals surface area contributed by atoms with Crippen LogP contribution in [0.4, 0.5) is 50.1 Å². The number of nitrogens with zero attached hydrogens (tertiary/aromatic N) is 2. The predicted octanol–water partition coefficient (Wildman–Crippen LogP) is 6.19. The van der Waals surface area contributed by atoms with Gasteiger partial charge >= 0.3 is 24.6 Å². The summed E-state index contributed by atoms with van der Waals surface area (Å²) in [5, 5.41) is 0. The first-order valence-corrected chi connectivity index (χ1v) is 10.4. The Bertz CT molecular complexity index is 1090. The van der Waals surface area contributed by atoms with Gasteiger partial charge < -0.3 is 15.4 Å². The third kappa shape index (κ3) is 5.59. The first kappa shape index (κ1) is 26.9. The number of carbonyl (C=O) groups excluding carboxylic acids is 1. The van der Waals surface area contributed by atoms with E-state index < -0.39 is 59.7 Å². The zero-order valence-electron chi connectivity index (χ0n) is 17.3. The lowest BCUT2D eigenvalue weighted by Crippen LogP contribution is -2.45. The smallest absolute Gasteiger partial charge is 0.416 e. The molecule has 2 aromatic rings. The molecule has 1 aliphatic rings. The highest BCUT2D eigenvalue weighted by molar-refractivity contribution is 9.10. The average Bonchev–Trinajstić information content (AvgIpc) is 3.18. The van der Waals surface area contributed by atoms with Crippen LogP contribution in [0.25, 0.3) is 0 Å². The standard InChI is InChI=1S/C20H15BrF9N3O2/c21-15-10(8-35-16(31)34)1-2-14(32-15)33-4-3-17(9-33,20(28,29)30)11-5-12(18(22,23)24)7-13(6-11)19(25,26)27/h1-2,5-7H,3-4,8-9H2,(H2,31,34). The molecule has 0 aliphatic carbocycles. The number of pyridine rings is 1. The van der Waals surface area contributed by atoms with Crippen molar-refractivity contribution >= 4 is 27.8 Å². The maximum Gasteiger partial charge on any atom is 0.416 e. The summed E-state index contributed by atoms with van der Waals surface area (Å²) in [6.07, 6.45) is -17.6. The molecule has 1 saturated heterocycles. The summed E-state index contributed by atoms with van der Waals surface area (Å²) in [6, 6.07) is 2.66. The van der Waals surface area contributed by atoms with E-state index >= 15 is 0 Å². The van der Waals surface area contributed by atoms with Gasteiger partial charge in [0.15, 0.2) is 0 Å². The Morgan fingerprint density at radius 3 is 2.06 bits per heavy atom.